The normalized spacial score (nSPS) is 16.8. The standard InChI is InChI=1S/C21H20N4O3/c1-12-9-13(2)18(14(3)10-12)28-21(26)24-17-11-15(6-8-22-17)20-25-19-16(27-20)5-4-7-23-19/h4-9,11-12H,10H2,1-3H3,(H,22,24,26). The van der Waals surface area contributed by atoms with Crippen molar-refractivity contribution in [3.8, 4) is 11.5 Å². The van der Waals surface area contributed by atoms with Gasteiger partial charge >= 0.3 is 6.09 Å². The largest absolute Gasteiger partial charge is 0.434 e. The number of nitrogens with one attached hydrogen (secondary N) is 1. The van der Waals surface area contributed by atoms with Gasteiger partial charge in [0.05, 0.1) is 0 Å². The zero-order valence-corrected chi connectivity index (χ0v) is 15.9. The quantitative estimate of drug-likeness (QED) is 0.684. The number of nitrogens with zero attached hydrogens (tertiary/aromatic N) is 3. The van der Waals surface area contributed by atoms with Crippen LogP contribution in [0.15, 0.2) is 64.1 Å². The van der Waals surface area contributed by atoms with E-state index in [1.807, 2.05) is 13.8 Å². The molecule has 1 aliphatic carbocycles. The number of hydrogen-bond acceptors (Lipinski definition) is 6. The van der Waals surface area contributed by atoms with Gasteiger partial charge in [-0.15, -0.1) is 0 Å². The molecule has 7 nitrogen and oxygen atoms in total. The minimum absolute atomic E-state index is 0.349. The van der Waals surface area contributed by atoms with Gasteiger partial charge in [-0.1, -0.05) is 13.0 Å². The molecule has 7 heteroatoms. The Morgan fingerprint density at radius 3 is 2.89 bits per heavy atom. The number of pyridine rings is 2. The molecule has 3 heterocycles. The molecule has 28 heavy (non-hydrogen) atoms. The molecule has 1 N–H and O–H groups in total. The molecule has 0 saturated heterocycles. The molecule has 0 aliphatic heterocycles. The van der Waals surface area contributed by atoms with Crippen molar-refractivity contribution < 1.29 is 13.9 Å². The third kappa shape index (κ3) is 3.64. The van der Waals surface area contributed by atoms with Gasteiger partial charge in [-0.3, -0.25) is 5.32 Å². The molecule has 3 aromatic rings. The van der Waals surface area contributed by atoms with E-state index < -0.39 is 6.09 Å². The van der Waals surface area contributed by atoms with Gasteiger partial charge in [0.25, 0.3) is 0 Å². The van der Waals surface area contributed by atoms with Crippen molar-refractivity contribution in [3.05, 3.63) is 59.6 Å². The first kappa shape index (κ1) is 17.9. The summed E-state index contributed by atoms with van der Waals surface area (Å²) in [5, 5.41) is 2.67. The number of anilines is 1. The summed E-state index contributed by atoms with van der Waals surface area (Å²) in [5.41, 5.74) is 3.83. The van der Waals surface area contributed by atoms with E-state index in [0.29, 0.717) is 40.2 Å². The number of hydrogen-bond donors (Lipinski definition) is 1. The highest BCUT2D eigenvalue weighted by Crippen LogP contribution is 2.29. The number of carbonyl (C=O) groups is 1. The van der Waals surface area contributed by atoms with E-state index in [4.69, 9.17) is 9.15 Å². The predicted molar refractivity (Wildman–Crippen MR) is 105 cm³/mol. The Morgan fingerprint density at radius 1 is 1.25 bits per heavy atom. The Kier molecular flexibility index (Phi) is 4.65. The highest BCUT2D eigenvalue weighted by Gasteiger charge is 2.19. The summed E-state index contributed by atoms with van der Waals surface area (Å²) in [6.07, 6.45) is 5.63. The predicted octanol–water partition coefficient (Wildman–Crippen LogP) is 5.09. The van der Waals surface area contributed by atoms with Gasteiger partial charge in [-0.25, -0.2) is 14.8 Å². The summed E-state index contributed by atoms with van der Waals surface area (Å²) in [7, 11) is 0. The van der Waals surface area contributed by atoms with Crippen molar-refractivity contribution in [2.75, 3.05) is 5.32 Å². The van der Waals surface area contributed by atoms with Crippen LogP contribution in [0.4, 0.5) is 10.6 Å². The molecule has 1 unspecified atom stereocenters. The lowest BCUT2D eigenvalue weighted by molar-refractivity contribution is 0.191. The highest BCUT2D eigenvalue weighted by atomic mass is 16.6. The molecular formula is C21H20N4O3. The number of rotatable bonds is 3. The lowest BCUT2D eigenvalue weighted by Crippen LogP contribution is -2.17. The maximum absolute atomic E-state index is 12.4. The molecule has 142 valence electrons. The van der Waals surface area contributed by atoms with E-state index in [1.165, 1.54) is 0 Å². The van der Waals surface area contributed by atoms with Crippen LogP contribution in [0.5, 0.6) is 0 Å². The third-order valence-electron chi connectivity index (χ3n) is 4.51. The van der Waals surface area contributed by atoms with Crippen LogP contribution in [-0.4, -0.2) is 21.0 Å². The molecule has 1 aliphatic rings. The number of aromatic nitrogens is 3. The fourth-order valence-electron chi connectivity index (χ4n) is 3.39. The average molecular weight is 376 g/mol. The smallest absolute Gasteiger partial charge is 0.418 e. The van der Waals surface area contributed by atoms with Gasteiger partial charge in [0.1, 0.15) is 11.6 Å². The van der Waals surface area contributed by atoms with E-state index >= 15 is 0 Å². The Bertz CT molecular complexity index is 1080. The Balaban J connectivity index is 1.51. The van der Waals surface area contributed by atoms with E-state index in [-0.39, 0.29) is 0 Å². The minimum Gasteiger partial charge on any atom is -0.434 e. The Labute approximate surface area is 162 Å². The first-order chi connectivity index (χ1) is 13.5. The van der Waals surface area contributed by atoms with Crippen molar-refractivity contribution >= 4 is 23.1 Å². The van der Waals surface area contributed by atoms with Crippen molar-refractivity contribution in [2.24, 2.45) is 5.92 Å². The molecule has 4 rings (SSSR count). The van der Waals surface area contributed by atoms with Crippen molar-refractivity contribution in [1.82, 2.24) is 15.0 Å². The lowest BCUT2D eigenvalue weighted by Gasteiger charge is -2.21. The lowest BCUT2D eigenvalue weighted by atomic mass is 9.92. The molecule has 0 aromatic carbocycles. The number of fused-ring (bicyclic) bond motifs is 1. The monoisotopic (exact) mass is 376 g/mol. The maximum atomic E-state index is 12.4. The number of oxazole rings is 1. The van der Waals surface area contributed by atoms with Crippen LogP contribution in [0.25, 0.3) is 22.7 Å². The van der Waals surface area contributed by atoms with Gasteiger partial charge in [0, 0.05) is 18.0 Å². The number of carbonyl (C=O) groups excluding carboxylic acids is 1. The Hall–Kier alpha value is -3.48. The SMILES string of the molecule is CC1=CC(C)CC(C)=C1OC(=O)Nc1cc(-c2nc3ncccc3o2)ccn1. The van der Waals surface area contributed by atoms with Crippen molar-refractivity contribution in [3.63, 3.8) is 0 Å². The molecule has 0 fully saturated rings. The Morgan fingerprint density at radius 2 is 2.11 bits per heavy atom. The molecule has 0 bridgehead atoms. The molecule has 3 aromatic heterocycles. The molecule has 0 spiro atoms. The second kappa shape index (κ2) is 7.26. The summed E-state index contributed by atoms with van der Waals surface area (Å²) in [4.78, 5) is 25.1. The van der Waals surface area contributed by atoms with E-state index in [9.17, 15) is 4.79 Å². The molecular weight excluding hydrogens is 356 g/mol. The van der Waals surface area contributed by atoms with Crippen LogP contribution < -0.4 is 5.32 Å². The van der Waals surface area contributed by atoms with Gasteiger partial charge in [-0.05, 0) is 61.6 Å². The number of ether oxygens (including phenoxy) is 1. The number of amides is 1. The van der Waals surface area contributed by atoms with E-state index in [1.54, 1.807) is 36.7 Å². The van der Waals surface area contributed by atoms with E-state index in [2.05, 4.69) is 33.3 Å². The van der Waals surface area contributed by atoms with Crippen LogP contribution in [0.1, 0.15) is 27.2 Å². The summed E-state index contributed by atoms with van der Waals surface area (Å²) in [5.74, 6) is 1.82. The highest BCUT2D eigenvalue weighted by molar-refractivity contribution is 5.85. The van der Waals surface area contributed by atoms with Gasteiger partial charge < -0.3 is 9.15 Å². The van der Waals surface area contributed by atoms with Gasteiger partial charge in [-0.2, -0.15) is 4.98 Å². The second-order valence-corrected chi connectivity index (χ2v) is 6.93. The van der Waals surface area contributed by atoms with Crippen LogP contribution in [0.2, 0.25) is 0 Å². The van der Waals surface area contributed by atoms with E-state index in [0.717, 1.165) is 17.6 Å². The summed E-state index contributed by atoms with van der Waals surface area (Å²) in [6, 6.07) is 7.02. The molecule has 0 saturated carbocycles. The first-order valence-electron chi connectivity index (χ1n) is 9.05. The zero-order valence-electron chi connectivity index (χ0n) is 15.9. The molecule has 0 radical (unpaired) electrons. The summed E-state index contributed by atoms with van der Waals surface area (Å²) >= 11 is 0. The topological polar surface area (TPSA) is 90.1 Å². The average Bonchev–Trinajstić information content (AvgIpc) is 3.09. The van der Waals surface area contributed by atoms with Crippen LogP contribution in [0.3, 0.4) is 0 Å². The van der Waals surface area contributed by atoms with Crippen LogP contribution in [-0.2, 0) is 4.74 Å². The summed E-state index contributed by atoms with van der Waals surface area (Å²) in [6.45, 7) is 6.07. The fourth-order valence-corrected chi connectivity index (χ4v) is 3.39. The fraction of sp³-hybridized carbons (Fsp3) is 0.238. The molecule has 1 atom stereocenters. The van der Waals surface area contributed by atoms with Crippen molar-refractivity contribution in [2.45, 2.75) is 27.2 Å². The summed E-state index contributed by atoms with van der Waals surface area (Å²) < 4.78 is 11.2. The number of allylic oxidation sites excluding steroid dienone is 3. The van der Waals surface area contributed by atoms with Crippen LogP contribution in [0, 0.1) is 5.92 Å². The first-order valence-corrected chi connectivity index (χ1v) is 9.05. The minimum atomic E-state index is -0.583. The van der Waals surface area contributed by atoms with Gasteiger partial charge in [0.2, 0.25) is 5.89 Å². The van der Waals surface area contributed by atoms with Gasteiger partial charge in [0.15, 0.2) is 11.2 Å². The van der Waals surface area contributed by atoms with Crippen LogP contribution >= 0.6 is 0 Å². The maximum Gasteiger partial charge on any atom is 0.418 e. The van der Waals surface area contributed by atoms with Crippen molar-refractivity contribution in [1.29, 1.82) is 0 Å². The second-order valence-electron chi connectivity index (χ2n) is 6.93. The zero-order chi connectivity index (χ0) is 19.7. The third-order valence-corrected chi connectivity index (χ3v) is 4.51. The molecule has 1 amide bonds.